The lowest BCUT2D eigenvalue weighted by Crippen LogP contribution is -2.22. The second kappa shape index (κ2) is 8.77. The zero-order chi connectivity index (χ0) is 21.9. The van der Waals surface area contributed by atoms with Crippen LogP contribution in [0.15, 0.2) is 72.8 Å². The molecule has 0 unspecified atom stereocenters. The third kappa shape index (κ3) is 4.18. The number of carbonyl (C=O) groups excluding carboxylic acids is 1. The summed E-state index contributed by atoms with van der Waals surface area (Å²) in [4.78, 5) is 12.5. The van der Waals surface area contributed by atoms with Crippen molar-refractivity contribution < 1.29 is 14.3 Å². The molecule has 7 heteroatoms. The van der Waals surface area contributed by atoms with E-state index in [2.05, 4.69) is 15.5 Å². The molecule has 6 nitrogen and oxygen atoms in total. The van der Waals surface area contributed by atoms with Crippen LogP contribution in [0.3, 0.4) is 0 Å². The maximum atomic E-state index is 12.5. The van der Waals surface area contributed by atoms with Crippen LogP contribution in [0.4, 0.5) is 0 Å². The Balaban J connectivity index is 1.30. The first-order chi connectivity index (χ1) is 15.7. The maximum absolute atomic E-state index is 12.5. The van der Waals surface area contributed by atoms with E-state index >= 15 is 0 Å². The van der Waals surface area contributed by atoms with Gasteiger partial charge in [0.25, 0.3) is 5.91 Å². The van der Waals surface area contributed by atoms with Crippen LogP contribution >= 0.6 is 11.6 Å². The van der Waals surface area contributed by atoms with Crippen LogP contribution in [-0.2, 0) is 6.54 Å². The van der Waals surface area contributed by atoms with Crippen LogP contribution in [-0.4, -0.2) is 29.3 Å². The third-order valence-electron chi connectivity index (χ3n) is 5.22. The molecule has 0 radical (unpaired) electrons. The van der Waals surface area contributed by atoms with Crippen LogP contribution < -0.4 is 14.8 Å². The van der Waals surface area contributed by atoms with Gasteiger partial charge in [-0.05, 0) is 48.0 Å². The molecular weight excluding hydrogens is 426 g/mol. The molecule has 0 aliphatic carbocycles. The number of fused-ring (bicyclic) bond motifs is 1. The van der Waals surface area contributed by atoms with Gasteiger partial charge in [-0.15, -0.1) is 0 Å². The highest BCUT2D eigenvalue weighted by molar-refractivity contribution is 6.30. The van der Waals surface area contributed by atoms with Crippen molar-refractivity contribution in [3.05, 3.63) is 88.9 Å². The summed E-state index contributed by atoms with van der Waals surface area (Å²) >= 11 is 5.99. The van der Waals surface area contributed by atoms with E-state index in [4.69, 9.17) is 21.1 Å². The number of amides is 1. The molecule has 0 spiro atoms. The number of hydrogen-bond acceptors (Lipinski definition) is 4. The van der Waals surface area contributed by atoms with Crippen molar-refractivity contribution in [3.8, 4) is 34.0 Å². The van der Waals surface area contributed by atoms with Crippen molar-refractivity contribution in [2.75, 3.05) is 13.2 Å². The van der Waals surface area contributed by atoms with Gasteiger partial charge in [0, 0.05) is 28.3 Å². The van der Waals surface area contributed by atoms with Crippen LogP contribution in [0, 0.1) is 0 Å². The van der Waals surface area contributed by atoms with Crippen LogP contribution in [0.25, 0.3) is 22.5 Å². The Morgan fingerprint density at radius 3 is 2.66 bits per heavy atom. The number of halogens is 1. The Bertz CT molecular complexity index is 1270. The van der Waals surface area contributed by atoms with Gasteiger partial charge in [-0.25, -0.2) is 0 Å². The number of hydrogen-bond donors (Lipinski definition) is 2. The van der Waals surface area contributed by atoms with E-state index in [0.717, 1.165) is 39.6 Å². The molecule has 5 rings (SSSR count). The number of para-hydroxylation sites is 1. The Hall–Kier alpha value is -3.77. The lowest BCUT2D eigenvalue weighted by molar-refractivity contribution is 0.0951. The molecule has 0 saturated carbocycles. The molecule has 0 bridgehead atoms. The average Bonchev–Trinajstić information content (AvgIpc) is 3.32. The van der Waals surface area contributed by atoms with Crippen molar-refractivity contribution in [3.63, 3.8) is 0 Å². The van der Waals surface area contributed by atoms with Crippen molar-refractivity contribution in [2.45, 2.75) is 6.54 Å². The van der Waals surface area contributed by atoms with Gasteiger partial charge in [-0.1, -0.05) is 41.9 Å². The minimum atomic E-state index is -0.146. The predicted molar refractivity (Wildman–Crippen MR) is 123 cm³/mol. The Labute approximate surface area is 190 Å². The predicted octanol–water partition coefficient (Wildman–Crippen LogP) is 5.10. The van der Waals surface area contributed by atoms with Gasteiger partial charge in [0.05, 0.1) is 11.4 Å². The number of benzene rings is 3. The fourth-order valence-corrected chi connectivity index (χ4v) is 3.83. The van der Waals surface area contributed by atoms with Crippen LogP contribution in [0.5, 0.6) is 11.5 Å². The molecule has 0 atom stereocenters. The maximum Gasteiger partial charge on any atom is 0.251 e. The van der Waals surface area contributed by atoms with E-state index in [1.807, 2.05) is 54.6 Å². The summed E-state index contributed by atoms with van der Waals surface area (Å²) in [6.07, 6.45) is 0. The minimum Gasteiger partial charge on any atom is -0.486 e. The van der Waals surface area contributed by atoms with Crippen molar-refractivity contribution >= 4 is 17.5 Å². The zero-order valence-corrected chi connectivity index (χ0v) is 17.9. The van der Waals surface area contributed by atoms with E-state index in [-0.39, 0.29) is 5.91 Å². The molecule has 3 aromatic carbocycles. The molecule has 1 aromatic heterocycles. The number of aromatic nitrogens is 2. The Kier molecular flexibility index (Phi) is 5.52. The lowest BCUT2D eigenvalue weighted by atomic mass is 10.1. The summed E-state index contributed by atoms with van der Waals surface area (Å²) < 4.78 is 11.5. The van der Waals surface area contributed by atoms with Crippen molar-refractivity contribution in [2.24, 2.45) is 0 Å². The molecule has 0 fully saturated rings. The van der Waals surface area contributed by atoms with Gasteiger partial charge in [-0.3, -0.25) is 9.89 Å². The number of aromatic amines is 1. The molecular formula is C25H20ClN3O3. The minimum absolute atomic E-state index is 0.146. The van der Waals surface area contributed by atoms with E-state index < -0.39 is 0 Å². The number of H-pyrrole nitrogens is 1. The largest absolute Gasteiger partial charge is 0.486 e. The fourth-order valence-electron chi connectivity index (χ4n) is 3.62. The molecule has 160 valence electrons. The van der Waals surface area contributed by atoms with E-state index in [0.29, 0.717) is 30.3 Å². The van der Waals surface area contributed by atoms with E-state index in [1.54, 1.807) is 18.2 Å². The molecule has 2 heterocycles. The average molecular weight is 446 g/mol. The fraction of sp³-hybridized carbons (Fsp3) is 0.120. The van der Waals surface area contributed by atoms with Gasteiger partial charge in [-0.2, -0.15) is 5.10 Å². The summed E-state index contributed by atoms with van der Waals surface area (Å²) in [5, 5.41) is 11.1. The molecule has 1 aliphatic heterocycles. The van der Waals surface area contributed by atoms with Crippen molar-refractivity contribution in [1.29, 1.82) is 0 Å². The highest BCUT2D eigenvalue weighted by atomic mass is 35.5. The van der Waals surface area contributed by atoms with Crippen LogP contribution in [0.2, 0.25) is 5.02 Å². The monoisotopic (exact) mass is 445 g/mol. The number of nitrogens with one attached hydrogen (secondary N) is 2. The van der Waals surface area contributed by atoms with Crippen molar-refractivity contribution in [1.82, 2.24) is 15.5 Å². The highest BCUT2D eigenvalue weighted by Gasteiger charge is 2.18. The molecule has 1 amide bonds. The summed E-state index contributed by atoms with van der Waals surface area (Å²) in [5.41, 5.74) is 4.95. The molecule has 1 aliphatic rings. The highest BCUT2D eigenvalue weighted by Crippen LogP contribution is 2.39. The zero-order valence-electron chi connectivity index (χ0n) is 17.1. The molecule has 4 aromatic rings. The summed E-state index contributed by atoms with van der Waals surface area (Å²) in [6, 6.07) is 22.5. The standard InChI is InChI=1S/C25H20ClN3O3/c26-19-4-1-3-16(13-19)15-27-25(30)18-9-7-17(8-10-18)21-14-22(29-28-21)20-5-2-6-23-24(20)32-12-11-31-23/h1-10,13-14H,11-12,15H2,(H,27,30)(H,28,29). The SMILES string of the molecule is O=C(NCc1cccc(Cl)c1)c1ccc(-c2cc(-c3cccc4c3OCCO4)[nH]n2)cc1. The first-order valence-corrected chi connectivity index (χ1v) is 10.6. The van der Waals surface area contributed by atoms with E-state index in [1.165, 1.54) is 0 Å². The van der Waals surface area contributed by atoms with Gasteiger partial charge >= 0.3 is 0 Å². The second-order valence-electron chi connectivity index (χ2n) is 7.39. The summed E-state index contributed by atoms with van der Waals surface area (Å²) in [7, 11) is 0. The third-order valence-corrected chi connectivity index (χ3v) is 5.45. The quantitative estimate of drug-likeness (QED) is 0.448. The van der Waals surface area contributed by atoms with E-state index in [9.17, 15) is 4.79 Å². The number of rotatable bonds is 5. The molecule has 32 heavy (non-hydrogen) atoms. The van der Waals surface area contributed by atoms with Gasteiger partial charge in [0.2, 0.25) is 0 Å². The molecule has 2 N–H and O–H groups in total. The normalized spacial score (nSPS) is 12.4. The topological polar surface area (TPSA) is 76.2 Å². The van der Waals surface area contributed by atoms with Gasteiger partial charge in [0.1, 0.15) is 13.2 Å². The van der Waals surface area contributed by atoms with Gasteiger partial charge in [0.15, 0.2) is 11.5 Å². The Morgan fingerprint density at radius 1 is 1.00 bits per heavy atom. The first-order valence-electron chi connectivity index (χ1n) is 10.2. The second-order valence-corrected chi connectivity index (χ2v) is 7.82. The first kappa shape index (κ1) is 20.2. The number of nitrogens with zero attached hydrogens (tertiary/aromatic N) is 1. The summed E-state index contributed by atoms with van der Waals surface area (Å²) in [6.45, 7) is 1.48. The summed E-state index contributed by atoms with van der Waals surface area (Å²) in [5.74, 6) is 1.31. The van der Waals surface area contributed by atoms with Crippen LogP contribution in [0.1, 0.15) is 15.9 Å². The number of carbonyl (C=O) groups is 1. The number of ether oxygens (including phenoxy) is 2. The molecule has 0 saturated heterocycles. The Morgan fingerprint density at radius 2 is 1.81 bits per heavy atom. The van der Waals surface area contributed by atoms with Gasteiger partial charge < -0.3 is 14.8 Å². The lowest BCUT2D eigenvalue weighted by Gasteiger charge is -2.20. The smallest absolute Gasteiger partial charge is 0.251 e.